The van der Waals surface area contributed by atoms with Crippen molar-refractivity contribution in [3.8, 4) is 0 Å². The molecule has 0 bridgehead atoms. The highest BCUT2D eigenvalue weighted by molar-refractivity contribution is 6.23. The lowest BCUT2D eigenvalue weighted by molar-refractivity contribution is 0.868. The molecule has 28 heavy (non-hydrogen) atoms. The van der Waals surface area contributed by atoms with Crippen LogP contribution >= 0.6 is 0 Å². The fraction of sp³-hybridized carbons (Fsp3) is 0.115. The van der Waals surface area contributed by atoms with Crippen molar-refractivity contribution < 1.29 is 0 Å². The lowest BCUT2D eigenvalue weighted by atomic mass is 9.99. The summed E-state index contributed by atoms with van der Waals surface area (Å²) in [5, 5.41) is 6.28. The maximum Gasteiger partial charge on any atom is 0.147 e. The smallest absolute Gasteiger partial charge is 0.147 e. The van der Waals surface area contributed by atoms with Crippen molar-refractivity contribution in [3.63, 3.8) is 0 Å². The van der Waals surface area contributed by atoms with Gasteiger partial charge in [-0.15, -0.1) is 0 Å². The summed E-state index contributed by atoms with van der Waals surface area (Å²) in [6.45, 7) is 4.48. The number of nitrogens with zero attached hydrogens (tertiary/aromatic N) is 2. The minimum absolute atomic E-state index is 0.488. The minimum Gasteiger partial charge on any atom is -0.292 e. The van der Waals surface area contributed by atoms with Gasteiger partial charge in [-0.2, -0.15) is 0 Å². The zero-order chi connectivity index (χ0) is 18.8. The number of para-hydroxylation sites is 1. The molecular weight excluding hydrogens is 340 g/mol. The van der Waals surface area contributed by atoms with E-state index >= 15 is 0 Å². The number of rotatable bonds is 1. The van der Waals surface area contributed by atoms with Crippen molar-refractivity contribution >= 4 is 49.1 Å². The second-order valence-electron chi connectivity index (χ2n) is 7.90. The van der Waals surface area contributed by atoms with E-state index in [1.807, 2.05) is 0 Å². The lowest BCUT2D eigenvalue weighted by Gasteiger charge is -2.11. The van der Waals surface area contributed by atoms with E-state index in [1.165, 1.54) is 43.5 Å². The van der Waals surface area contributed by atoms with Crippen LogP contribution in [0.4, 0.5) is 0 Å². The molecule has 0 radical (unpaired) electrons. The van der Waals surface area contributed by atoms with Crippen LogP contribution in [0.2, 0.25) is 0 Å². The molecule has 6 rings (SSSR count). The van der Waals surface area contributed by atoms with Crippen molar-refractivity contribution in [2.75, 3.05) is 0 Å². The zero-order valence-corrected chi connectivity index (χ0v) is 16.0. The Morgan fingerprint density at radius 2 is 1.50 bits per heavy atom. The molecule has 0 unspecified atom stereocenters. The van der Waals surface area contributed by atoms with Crippen molar-refractivity contribution in [1.29, 1.82) is 0 Å². The van der Waals surface area contributed by atoms with Crippen molar-refractivity contribution in [2.24, 2.45) is 0 Å². The standard InChI is InChI=1S/C26H20N2/c1-16(2)18-12-14-22-24(15-18)28-23-10-6-5-9-20(23)21-13-11-17-7-3-4-8-19(17)25(21)26(28)27-22/h3-16H,1-2H3. The predicted molar refractivity (Wildman–Crippen MR) is 119 cm³/mol. The van der Waals surface area contributed by atoms with Crippen LogP contribution in [-0.4, -0.2) is 9.38 Å². The summed E-state index contributed by atoms with van der Waals surface area (Å²) in [6.07, 6.45) is 0. The lowest BCUT2D eigenvalue weighted by Crippen LogP contribution is -1.93. The van der Waals surface area contributed by atoms with Crippen LogP contribution in [0.1, 0.15) is 25.3 Å². The molecule has 0 saturated carbocycles. The Labute approximate surface area is 163 Å². The Hall–Kier alpha value is -3.39. The van der Waals surface area contributed by atoms with Gasteiger partial charge in [-0.25, -0.2) is 4.98 Å². The first kappa shape index (κ1) is 15.6. The number of aromatic nitrogens is 2. The Morgan fingerprint density at radius 1 is 0.714 bits per heavy atom. The molecule has 6 aromatic rings. The van der Waals surface area contributed by atoms with E-state index in [9.17, 15) is 0 Å². The second-order valence-corrected chi connectivity index (χ2v) is 7.90. The SMILES string of the molecule is CC(C)c1ccc2nc3c4c5ccccc5ccc4c4ccccc4n3c2c1. The van der Waals surface area contributed by atoms with Gasteiger partial charge in [-0.3, -0.25) is 4.40 Å². The molecule has 2 heteroatoms. The number of hydrogen-bond acceptors (Lipinski definition) is 1. The maximum atomic E-state index is 5.11. The monoisotopic (exact) mass is 360 g/mol. The molecule has 4 aromatic carbocycles. The average Bonchev–Trinajstić information content (AvgIpc) is 3.12. The predicted octanol–water partition coefficient (Wildman–Crippen LogP) is 7.07. The van der Waals surface area contributed by atoms with Gasteiger partial charge in [0.25, 0.3) is 0 Å². The Kier molecular flexibility index (Phi) is 3.10. The van der Waals surface area contributed by atoms with E-state index in [0.717, 1.165) is 11.2 Å². The summed E-state index contributed by atoms with van der Waals surface area (Å²) in [5.74, 6) is 0.488. The molecule has 0 amide bonds. The second kappa shape index (κ2) is 5.56. The summed E-state index contributed by atoms with van der Waals surface area (Å²) in [4.78, 5) is 5.11. The molecular formula is C26H20N2. The van der Waals surface area contributed by atoms with Gasteiger partial charge in [0, 0.05) is 10.8 Å². The third-order valence-corrected chi connectivity index (χ3v) is 5.93. The molecule has 0 aliphatic rings. The molecule has 0 N–H and O–H groups in total. The first-order valence-corrected chi connectivity index (χ1v) is 9.86. The maximum absolute atomic E-state index is 5.11. The molecule has 0 fully saturated rings. The van der Waals surface area contributed by atoms with Crippen LogP contribution in [0.5, 0.6) is 0 Å². The molecule has 0 saturated heterocycles. The van der Waals surface area contributed by atoms with Crippen LogP contribution in [-0.2, 0) is 0 Å². The van der Waals surface area contributed by atoms with Gasteiger partial charge < -0.3 is 0 Å². The molecule has 0 aliphatic heterocycles. The van der Waals surface area contributed by atoms with Gasteiger partial charge in [0.05, 0.1) is 16.6 Å². The van der Waals surface area contributed by atoms with Crippen LogP contribution in [0.25, 0.3) is 49.1 Å². The van der Waals surface area contributed by atoms with E-state index in [4.69, 9.17) is 4.98 Å². The van der Waals surface area contributed by atoms with E-state index in [1.54, 1.807) is 0 Å². The van der Waals surface area contributed by atoms with Gasteiger partial charge >= 0.3 is 0 Å². The normalized spacial score (nSPS) is 12.2. The van der Waals surface area contributed by atoms with Gasteiger partial charge in [0.15, 0.2) is 0 Å². The summed E-state index contributed by atoms with van der Waals surface area (Å²) < 4.78 is 2.35. The van der Waals surface area contributed by atoms with Crippen molar-refractivity contribution in [2.45, 2.75) is 19.8 Å². The minimum atomic E-state index is 0.488. The molecule has 2 nitrogen and oxygen atoms in total. The number of fused-ring (bicyclic) bond motifs is 10. The summed E-state index contributed by atoms with van der Waals surface area (Å²) >= 11 is 0. The van der Waals surface area contributed by atoms with Gasteiger partial charge in [-0.05, 0) is 45.8 Å². The molecule has 0 atom stereocenters. The van der Waals surface area contributed by atoms with Gasteiger partial charge in [-0.1, -0.05) is 74.5 Å². The van der Waals surface area contributed by atoms with Gasteiger partial charge in [0.2, 0.25) is 0 Å². The molecule has 0 aliphatic carbocycles. The quantitative estimate of drug-likeness (QED) is 0.287. The Morgan fingerprint density at radius 3 is 2.36 bits per heavy atom. The molecule has 2 heterocycles. The molecule has 0 spiro atoms. The summed E-state index contributed by atoms with van der Waals surface area (Å²) in [6, 6.07) is 28.5. The fourth-order valence-electron chi connectivity index (χ4n) is 4.50. The molecule has 2 aromatic heterocycles. The van der Waals surface area contributed by atoms with Crippen molar-refractivity contribution in [3.05, 3.63) is 84.4 Å². The van der Waals surface area contributed by atoms with Crippen molar-refractivity contribution in [1.82, 2.24) is 9.38 Å². The first-order valence-electron chi connectivity index (χ1n) is 9.86. The van der Waals surface area contributed by atoms with Crippen LogP contribution < -0.4 is 0 Å². The number of benzene rings is 4. The largest absolute Gasteiger partial charge is 0.292 e. The highest BCUT2D eigenvalue weighted by Gasteiger charge is 2.16. The fourth-order valence-corrected chi connectivity index (χ4v) is 4.50. The number of hydrogen-bond donors (Lipinski definition) is 0. The summed E-state index contributed by atoms with van der Waals surface area (Å²) in [7, 11) is 0. The number of imidazole rings is 1. The van der Waals surface area contributed by atoms with Crippen LogP contribution in [0.3, 0.4) is 0 Å². The highest BCUT2D eigenvalue weighted by atomic mass is 15.0. The van der Waals surface area contributed by atoms with E-state index in [-0.39, 0.29) is 0 Å². The zero-order valence-electron chi connectivity index (χ0n) is 16.0. The highest BCUT2D eigenvalue weighted by Crippen LogP contribution is 2.36. The Balaban J connectivity index is 1.97. The van der Waals surface area contributed by atoms with E-state index in [2.05, 4.69) is 97.1 Å². The topological polar surface area (TPSA) is 17.3 Å². The van der Waals surface area contributed by atoms with Crippen LogP contribution in [0, 0.1) is 0 Å². The average molecular weight is 360 g/mol. The van der Waals surface area contributed by atoms with E-state index < -0.39 is 0 Å². The van der Waals surface area contributed by atoms with Crippen LogP contribution in [0.15, 0.2) is 78.9 Å². The third-order valence-electron chi connectivity index (χ3n) is 5.93. The van der Waals surface area contributed by atoms with Gasteiger partial charge in [0.1, 0.15) is 5.65 Å². The molecule has 134 valence electrons. The third kappa shape index (κ3) is 2.00. The number of pyridine rings is 1. The summed E-state index contributed by atoms with van der Waals surface area (Å²) in [5.41, 5.74) is 5.84. The first-order chi connectivity index (χ1) is 13.7. The Bertz CT molecular complexity index is 1540. The van der Waals surface area contributed by atoms with E-state index in [0.29, 0.717) is 5.92 Å².